The van der Waals surface area contributed by atoms with E-state index in [1.807, 2.05) is 60.1 Å². The van der Waals surface area contributed by atoms with E-state index in [0.29, 0.717) is 45.6 Å². The number of rotatable bonds is 6. The van der Waals surface area contributed by atoms with Gasteiger partial charge in [0.05, 0.1) is 6.54 Å². The molecule has 0 aliphatic carbocycles. The Labute approximate surface area is 185 Å². The highest BCUT2D eigenvalue weighted by molar-refractivity contribution is 5.92. The number of nitrogens with one attached hydrogen (secondary N) is 1. The quantitative estimate of drug-likeness (QED) is 0.702. The fourth-order valence-electron chi connectivity index (χ4n) is 4.14. The van der Waals surface area contributed by atoms with Crippen molar-refractivity contribution in [2.24, 2.45) is 5.92 Å². The molecule has 1 aromatic carbocycles. The summed E-state index contributed by atoms with van der Waals surface area (Å²) in [5, 5.41) is 2.91. The van der Waals surface area contributed by atoms with E-state index in [1.165, 1.54) is 0 Å². The molecule has 0 atom stereocenters. The Morgan fingerprint density at radius 2 is 1.61 bits per heavy atom. The third-order valence-electron chi connectivity index (χ3n) is 5.87. The molecule has 2 saturated heterocycles. The lowest BCUT2D eigenvalue weighted by Crippen LogP contribution is -2.53. The molecule has 2 heterocycles. The lowest BCUT2D eigenvalue weighted by atomic mass is 9.95. The second kappa shape index (κ2) is 11.1. The van der Waals surface area contributed by atoms with E-state index in [9.17, 15) is 14.4 Å². The summed E-state index contributed by atoms with van der Waals surface area (Å²) < 4.78 is 0. The molecule has 0 aromatic heterocycles. The number of benzene rings is 1. The molecule has 7 heteroatoms. The fourth-order valence-corrected chi connectivity index (χ4v) is 4.14. The molecule has 0 radical (unpaired) electrons. The van der Waals surface area contributed by atoms with Crippen LogP contribution in [-0.4, -0.2) is 84.3 Å². The van der Waals surface area contributed by atoms with Crippen molar-refractivity contribution in [1.29, 1.82) is 0 Å². The van der Waals surface area contributed by atoms with E-state index in [-0.39, 0.29) is 29.7 Å². The van der Waals surface area contributed by atoms with Crippen molar-refractivity contribution in [3.8, 4) is 0 Å². The highest BCUT2D eigenvalue weighted by atomic mass is 16.2. The van der Waals surface area contributed by atoms with Gasteiger partial charge in [-0.25, -0.2) is 0 Å². The average molecular weight is 427 g/mol. The van der Waals surface area contributed by atoms with Gasteiger partial charge in [-0.1, -0.05) is 30.3 Å². The summed E-state index contributed by atoms with van der Waals surface area (Å²) in [7, 11) is 0. The van der Waals surface area contributed by atoms with Crippen molar-refractivity contribution in [3.63, 3.8) is 0 Å². The van der Waals surface area contributed by atoms with Crippen LogP contribution in [0.1, 0.15) is 32.3 Å². The molecular weight excluding hydrogens is 392 g/mol. The smallest absolute Gasteiger partial charge is 0.246 e. The predicted octanol–water partition coefficient (Wildman–Crippen LogP) is 1.61. The number of carbonyl (C=O) groups excluding carboxylic acids is 3. The van der Waals surface area contributed by atoms with Gasteiger partial charge >= 0.3 is 0 Å². The SMILES string of the molecule is CC(C)NC(=O)CN1CCN(C(=O)C2CCN(C(=O)/C=C/c3ccccc3)CC2)CC1. The van der Waals surface area contributed by atoms with Gasteiger partial charge in [0.1, 0.15) is 0 Å². The molecule has 2 aliphatic rings. The summed E-state index contributed by atoms with van der Waals surface area (Å²) in [6.45, 7) is 8.28. The predicted molar refractivity (Wildman–Crippen MR) is 121 cm³/mol. The normalized spacial score (nSPS) is 18.5. The molecule has 0 unspecified atom stereocenters. The molecule has 0 saturated carbocycles. The molecule has 0 bridgehead atoms. The van der Waals surface area contributed by atoms with E-state index in [0.717, 1.165) is 18.7 Å². The minimum absolute atomic E-state index is 0.00282. The molecule has 1 aromatic rings. The van der Waals surface area contributed by atoms with E-state index in [4.69, 9.17) is 0 Å². The standard InChI is InChI=1S/C24H34N4O3/c1-19(2)25-22(29)18-26-14-16-28(17-15-26)24(31)21-10-12-27(13-11-21)23(30)9-8-20-6-4-3-5-7-20/h3-9,19,21H,10-18H2,1-2H3,(H,25,29)/b9-8+. The lowest BCUT2D eigenvalue weighted by molar-refractivity contribution is -0.141. The van der Waals surface area contributed by atoms with Gasteiger partial charge in [0.2, 0.25) is 17.7 Å². The Balaban J connectivity index is 1.40. The number of nitrogens with zero attached hydrogens (tertiary/aromatic N) is 3. The Morgan fingerprint density at radius 1 is 0.968 bits per heavy atom. The zero-order chi connectivity index (χ0) is 22.2. The monoisotopic (exact) mass is 426 g/mol. The van der Waals surface area contributed by atoms with Crippen molar-refractivity contribution in [2.75, 3.05) is 45.8 Å². The number of hydrogen-bond donors (Lipinski definition) is 1. The molecule has 2 fully saturated rings. The van der Waals surface area contributed by atoms with Gasteiger partial charge in [-0.3, -0.25) is 19.3 Å². The summed E-state index contributed by atoms with van der Waals surface area (Å²) >= 11 is 0. The maximum atomic E-state index is 12.9. The highest BCUT2D eigenvalue weighted by Gasteiger charge is 2.31. The van der Waals surface area contributed by atoms with Crippen LogP contribution in [0, 0.1) is 5.92 Å². The molecule has 31 heavy (non-hydrogen) atoms. The molecule has 7 nitrogen and oxygen atoms in total. The minimum Gasteiger partial charge on any atom is -0.353 e. The van der Waals surface area contributed by atoms with Crippen LogP contribution >= 0.6 is 0 Å². The van der Waals surface area contributed by atoms with Crippen molar-refractivity contribution < 1.29 is 14.4 Å². The average Bonchev–Trinajstić information content (AvgIpc) is 2.78. The molecule has 0 spiro atoms. The van der Waals surface area contributed by atoms with Gasteiger partial charge in [0, 0.05) is 57.3 Å². The zero-order valence-electron chi connectivity index (χ0n) is 18.6. The van der Waals surface area contributed by atoms with E-state index in [1.54, 1.807) is 6.08 Å². The third-order valence-corrected chi connectivity index (χ3v) is 5.87. The van der Waals surface area contributed by atoms with Crippen LogP contribution in [0.25, 0.3) is 6.08 Å². The Hall–Kier alpha value is -2.67. The molecule has 168 valence electrons. The second-order valence-electron chi connectivity index (χ2n) is 8.67. The number of piperidine rings is 1. The van der Waals surface area contributed by atoms with Gasteiger partial charge in [-0.05, 0) is 38.3 Å². The highest BCUT2D eigenvalue weighted by Crippen LogP contribution is 2.21. The summed E-state index contributed by atoms with van der Waals surface area (Å²) in [6.07, 6.45) is 4.87. The van der Waals surface area contributed by atoms with E-state index in [2.05, 4.69) is 10.2 Å². The Kier molecular flexibility index (Phi) is 8.23. The Morgan fingerprint density at radius 3 is 2.23 bits per heavy atom. The van der Waals surface area contributed by atoms with E-state index >= 15 is 0 Å². The molecule has 3 amide bonds. The summed E-state index contributed by atoms with van der Waals surface area (Å²) in [5.41, 5.74) is 1.00. The van der Waals surface area contributed by atoms with Crippen LogP contribution in [0.15, 0.2) is 36.4 Å². The first kappa shape index (κ1) is 23.0. The van der Waals surface area contributed by atoms with Crippen LogP contribution in [0.5, 0.6) is 0 Å². The fraction of sp³-hybridized carbons (Fsp3) is 0.542. The van der Waals surface area contributed by atoms with Crippen LogP contribution in [0.2, 0.25) is 0 Å². The topological polar surface area (TPSA) is 73.0 Å². The number of hydrogen-bond acceptors (Lipinski definition) is 4. The van der Waals surface area contributed by atoms with Crippen LogP contribution in [0.4, 0.5) is 0 Å². The minimum atomic E-state index is -0.0158. The summed E-state index contributed by atoms with van der Waals surface area (Å²) in [5.74, 6) is 0.215. The van der Waals surface area contributed by atoms with Gasteiger partial charge < -0.3 is 15.1 Å². The lowest BCUT2D eigenvalue weighted by Gasteiger charge is -2.38. The first-order valence-electron chi connectivity index (χ1n) is 11.2. The number of piperazine rings is 1. The first-order chi connectivity index (χ1) is 14.9. The molecule has 3 rings (SSSR count). The van der Waals surface area contributed by atoms with Crippen molar-refractivity contribution in [3.05, 3.63) is 42.0 Å². The van der Waals surface area contributed by atoms with Crippen molar-refractivity contribution in [1.82, 2.24) is 20.0 Å². The van der Waals surface area contributed by atoms with E-state index < -0.39 is 0 Å². The zero-order valence-corrected chi connectivity index (χ0v) is 18.6. The largest absolute Gasteiger partial charge is 0.353 e. The van der Waals surface area contributed by atoms with Gasteiger partial charge in [0.15, 0.2) is 0 Å². The summed E-state index contributed by atoms with van der Waals surface area (Å²) in [4.78, 5) is 43.2. The van der Waals surface area contributed by atoms with Crippen molar-refractivity contribution in [2.45, 2.75) is 32.7 Å². The first-order valence-corrected chi connectivity index (χ1v) is 11.2. The molecular formula is C24H34N4O3. The number of amides is 3. The Bertz CT molecular complexity index is 777. The number of likely N-dealkylation sites (tertiary alicyclic amines) is 1. The van der Waals surface area contributed by atoms with Gasteiger partial charge in [0.25, 0.3) is 0 Å². The van der Waals surface area contributed by atoms with Crippen molar-refractivity contribution >= 4 is 23.8 Å². The number of carbonyl (C=O) groups is 3. The third kappa shape index (κ3) is 6.92. The van der Waals surface area contributed by atoms with Crippen LogP contribution in [0.3, 0.4) is 0 Å². The second-order valence-corrected chi connectivity index (χ2v) is 8.67. The maximum absolute atomic E-state index is 12.9. The summed E-state index contributed by atoms with van der Waals surface area (Å²) in [6, 6.07) is 9.91. The molecule has 2 aliphatic heterocycles. The molecule has 1 N–H and O–H groups in total. The van der Waals surface area contributed by atoms with Crippen LogP contribution < -0.4 is 5.32 Å². The van der Waals surface area contributed by atoms with Gasteiger partial charge in [-0.15, -0.1) is 0 Å². The maximum Gasteiger partial charge on any atom is 0.246 e. The van der Waals surface area contributed by atoms with Gasteiger partial charge in [-0.2, -0.15) is 0 Å². The van der Waals surface area contributed by atoms with Crippen LogP contribution in [-0.2, 0) is 14.4 Å².